The van der Waals surface area contributed by atoms with Crippen molar-refractivity contribution in [1.82, 2.24) is 0 Å². The maximum absolute atomic E-state index is 10.2. The molecule has 0 heterocycles. The van der Waals surface area contributed by atoms with E-state index in [4.69, 9.17) is 10.5 Å². The first-order chi connectivity index (χ1) is 5.27. The molecule has 0 aromatic rings. The molecule has 2 fully saturated rings. The van der Waals surface area contributed by atoms with Gasteiger partial charge in [-0.25, -0.2) is 0 Å². The number of carbonyl (C=O) groups is 1. The molecule has 0 spiro atoms. The minimum absolute atomic E-state index is 0.0893. The number of carbonyl (C=O) groups excluding carboxylic acids is 1. The van der Waals surface area contributed by atoms with Crippen LogP contribution in [0.15, 0.2) is 0 Å². The van der Waals surface area contributed by atoms with Crippen LogP contribution < -0.4 is 5.73 Å². The summed E-state index contributed by atoms with van der Waals surface area (Å²) in [6.07, 6.45) is 4.18. The fourth-order valence-electron chi connectivity index (χ4n) is 2.54. The molecule has 3 heteroatoms. The van der Waals surface area contributed by atoms with Crippen LogP contribution in [0.2, 0.25) is 0 Å². The monoisotopic (exact) mass is 155 g/mol. The van der Waals surface area contributed by atoms with Crippen LogP contribution in [0.5, 0.6) is 0 Å². The van der Waals surface area contributed by atoms with Crippen LogP contribution in [0.25, 0.3) is 0 Å². The van der Waals surface area contributed by atoms with Crippen LogP contribution >= 0.6 is 0 Å². The fraction of sp³-hybridized carbons (Fsp3) is 0.875. The van der Waals surface area contributed by atoms with Crippen LogP contribution in [-0.4, -0.2) is 18.1 Å². The highest BCUT2D eigenvalue weighted by atomic mass is 16.5. The topological polar surface area (TPSA) is 52.3 Å². The van der Waals surface area contributed by atoms with Gasteiger partial charge in [-0.15, -0.1) is 0 Å². The second-order valence-electron chi connectivity index (χ2n) is 3.73. The van der Waals surface area contributed by atoms with Crippen molar-refractivity contribution in [2.45, 2.75) is 37.3 Å². The van der Waals surface area contributed by atoms with E-state index in [0.29, 0.717) is 12.4 Å². The number of ether oxygens (including phenoxy) is 1. The van der Waals surface area contributed by atoms with E-state index in [1.54, 1.807) is 0 Å². The second kappa shape index (κ2) is 2.21. The molecule has 2 rings (SSSR count). The molecule has 3 unspecified atom stereocenters. The summed E-state index contributed by atoms with van der Waals surface area (Å²) in [4.78, 5) is 10.2. The van der Waals surface area contributed by atoms with Crippen LogP contribution in [-0.2, 0) is 9.53 Å². The third kappa shape index (κ3) is 0.872. The molecule has 11 heavy (non-hydrogen) atoms. The summed E-state index contributed by atoms with van der Waals surface area (Å²) in [6.45, 7) is 0.549. The van der Waals surface area contributed by atoms with Gasteiger partial charge in [-0.3, -0.25) is 4.79 Å². The van der Waals surface area contributed by atoms with Crippen molar-refractivity contribution >= 4 is 6.47 Å². The summed E-state index contributed by atoms with van der Waals surface area (Å²) in [6, 6.07) is 0.0893. The Hall–Kier alpha value is -0.570. The van der Waals surface area contributed by atoms with Crippen molar-refractivity contribution in [2.75, 3.05) is 0 Å². The number of hydrogen-bond donors (Lipinski definition) is 1. The first-order valence-electron chi connectivity index (χ1n) is 4.14. The summed E-state index contributed by atoms with van der Waals surface area (Å²) < 4.78 is 5.09. The Bertz CT molecular complexity index is 183. The zero-order valence-electron chi connectivity index (χ0n) is 6.45. The van der Waals surface area contributed by atoms with E-state index in [1.165, 1.54) is 6.42 Å². The maximum atomic E-state index is 10.2. The molecule has 0 amide bonds. The molecule has 2 saturated carbocycles. The van der Waals surface area contributed by atoms with E-state index >= 15 is 0 Å². The number of hydrogen-bond acceptors (Lipinski definition) is 3. The third-order valence-corrected chi connectivity index (χ3v) is 3.16. The van der Waals surface area contributed by atoms with Gasteiger partial charge in [0.1, 0.15) is 5.60 Å². The lowest BCUT2D eigenvalue weighted by Gasteiger charge is -2.30. The minimum atomic E-state index is -0.271. The minimum Gasteiger partial charge on any atom is -0.460 e. The maximum Gasteiger partial charge on any atom is 0.293 e. The smallest absolute Gasteiger partial charge is 0.293 e. The normalized spacial score (nSPS) is 47.7. The molecular formula is C8H13NO2. The van der Waals surface area contributed by atoms with Gasteiger partial charge >= 0.3 is 0 Å². The van der Waals surface area contributed by atoms with Crippen molar-refractivity contribution in [3.05, 3.63) is 0 Å². The van der Waals surface area contributed by atoms with Gasteiger partial charge in [0.25, 0.3) is 6.47 Å². The second-order valence-corrected chi connectivity index (χ2v) is 3.73. The summed E-state index contributed by atoms with van der Waals surface area (Å²) in [7, 11) is 0. The highest BCUT2D eigenvalue weighted by Crippen LogP contribution is 2.48. The van der Waals surface area contributed by atoms with E-state index in [0.717, 1.165) is 19.3 Å². The molecule has 2 N–H and O–H groups in total. The molecule has 0 aromatic heterocycles. The fourth-order valence-corrected chi connectivity index (χ4v) is 2.54. The average molecular weight is 155 g/mol. The van der Waals surface area contributed by atoms with Crippen molar-refractivity contribution in [3.63, 3.8) is 0 Å². The zero-order chi connectivity index (χ0) is 7.90. The Balaban J connectivity index is 2.15. The predicted octanol–water partition coefficient (Wildman–Crippen LogP) is 0.429. The number of rotatable bonds is 2. The van der Waals surface area contributed by atoms with Gasteiger partial charge in [-0.2, -0.15) is 0 Å². The van der Waals surface area contributed by atoms with E-state index in [1.807, 2.05) is 0 Å². The van der Waals surface area contributed by atoms with Gasteiger partial charge in [0.15, 0.2) is 0 Å². The third-order valence-electron chi connectivity index (χ3n) is 3.16. The highest BCUT2D eigenvalue weighted by molar-refractivity contribution is 5.39. The molecule has 0 saturated heterocycles. The molecular weight excluding hydrogens is 142 g/mol. The summed E-state index contributed by atoms with van der Waals surface area (Å²) in [5, 5.41) is 0. The van der Waals surface area contributed by atoms with Gasteiger partial charge in [0.05, 0.1) is 0 Å². The molecule has 0 radical (unpaired) electrons. The summed E-state index contributed by atoms with van der Waals surface area (Å²) >= 11 is 0. The van der Waals surface area contributed by atoms with E-state index in [2.05, 4.69) is 0 Å². The predicted molar refractivity (Wildman–Crippen MR) is 39.8 cm³/mol. The van der Waals surface area contributed by atoms with Crippen LogP contribution in [0.4, 0.5) is 0 Å². The Kier molecular flexibility index (Phi) is 1.42. The van der Waals surface area contributed by atoms with Crippen molar-refractivity contribution < 1.29 is 9.53 Å². The van der Waals surface area contributed by atoms with Gasteiger partial charge in [0, 0.05) is 6.04 Å². The zero-order valence-corrected chi connectivity index (χ0v) is 6.45. The first kappa shape index (κ1) is 7.10. The largest absolute Gasteiger partial charge is 0.460 e. The van der Waals surface area contributed by atoms with Crippen LogP contribution in [0, 0.1) is 5.92 Å². The quantitative estimate of drug-likeness (QED) is 0.588. The van der Waals surface area contributed by atoms with Crippen molar-refractivity contribution in [3.8, 4) is 0 Å². The molecule has 2 bridgehead atoms. The Morgan fingerprint density at radius 3 is 2.91 bits per heavy atom. The molecule has 2 aliphatic rings. The van der Waals surface area contributed by atoms with E-state index < -0.39 is 0 Å². The average Bonchev–Trinajstić information content (AvgIpc) is 2.45. The summed E-state index contributed by atoms with van der Waals surface area (Å²) in [5.41, 5.74) is 5.59. The molecule has 62 valence electrons. The lowest BCUT2D eigenvalue weighted by atomic mass is 9.92. The Labute approximate surface area is 65.9 Å². The van der Waals surface area contributed by atoms with Crippen molar-refractivity contribution in [2.24, 2.45) is 11.7 Å². The molecule has 2 aliphatic carbocycles. The van der Waals surface area contributed by atoms with Gasteiger partial charge in [0.2, 0.25) is 0 Å². The van der Waals surface area contributed by atoms with Crippen LogP contribution in [0.1, 0.15) is 25.7 Å². The SMILES string of the molecule is NC1CC2CCC1(OC=O)C2. The van der Waals surface area contributed by atoms with Gasteiger partial charge in [-0.05, 0) is 31.6 Å². The van der Waals surface area contributed by atoms with Crippen molar-refractivity contribution in [1.29, 1.82) is 0 Å². The first-order valence-corrected chi connectivity index (χ1v) is 4.14. The van der Waals surface area contributed by atoms with E-state index in [9.17, 15) is 4.79 Å². The highest BCUT2D eigenvalue weighted by Gasteiger charge is 2.52. The molecule has 0 aromatic carbocycles. The molecule has 3 atom stereocenters. The number of nitrogens with two attached hydrogens (primary N) is 1. The Morgan fingerprint density at radius 2 is 2.45 bits per heavy atom. The lowest BCUT2D eigenvalue weighted by Crippen LogP contribution is -2.45. The molecule has 3 nitrogen and oxygen atoms in total. The van der Waals surface area contributed by atoms with Gasteiger partial charge in [-0.1, -0.05) is 0 Å². The molecule has 0 aliphatic heterocycles. The standard InChI is InChI=1S/C8H13NO2/c9-7-3-6-1-2-8(7,4-6)11-5-10/h5-7H,1-4,9H2. The lowest BCUT2D eigenvalue weighted by molar-refractivity contribution is -0.144. The Morgan fingerprint density at radius 1 is 1.64 bits per heavy atom. The number of fused-ring (bicyclic) bond motifs is 2. The summed E-state index contributed by atoms with van der Waals surface area (Å²) in [5.74, 6) is 0.713. The van der Waals surface area contributed by atoms with Crippen LogP contribution in [0.3, 0.4) is 0 Å². The van der Waals surface area contributed by atoms with Gasteiger partial charge < -0.3 is 10.5 Å². The van der Waals surface area contributed by atoms with E-state index in [-0.39, 0.29) is 11.6 Å².